The molecule has 2 saturated heterocycles. The van der Waals surface area contributed by atoms with E-state index < -0.39 is 11.7 Å². The number of carbonyl (C=O) groups is 3. The van der Waals surface area contributed by atoms with Crippen LogP contribution in [0.5, 0.6) is 0 Å². The number of benzene rings is 1. The SMILES string of the molecule is CC(=O)N1CCN(C(=O)[C@H](C2CCCC2)N2CCN(C(=O)c3ccc(C(F)(F)F)cc3)CC2)CC1. The Morgan fingerprint density at radius 3 is 1.83 bits per heavy atom. The number of amides is 3. The number of hydrogen-bond donors (Lipinski definition) is 0. The van der Waals surface area contributed by atoms with Gasteiger partial charge in [-0.05, 0) is 43.0 Å². The predicted molar refractivity (Wildman–Crippen MR) is 124 cm³/mol. The first kappa shape index (κ1) is 25.5. The highest BCUT2D eigenvalue weighted by Crippen LogP contribution is 2.33. The third-order valence-electron chi connectivity index (χ3n) is 7.59. The van der Waals surface area contributed by atoms with E-state index in [1.54, 1.807) is 16.7 Å². The van der Waals surface area contributed by atoms with E-state index in [0.717, 1.165) is 37.8 Å². The van der Waals surface area contributed by atoms with Gasteiger partial charge in [0.1, 0.15) is 0 Å². The summed E-state index contributed by atoms with van der Waals surface area (Å²) < 4.78 is 38.5. The molecule has 1 aromatic carbocycles. The maximum Gasteiger partial charge on any atom is 0.416 e. The maximum absolute atomic E-state index is 13.6. The van der Waals surface area contributed by atoms with Crippen molar-refractivity contribution >= 4 is 17.7 Å². The normalized spacial score (nSPS) is 21.3. The zero-order valence-corrected chi connectivity index (χ0v) is 20.1. The highest BCUT2D eigenvalue weighted by molar-refractivity contribution is 5.94. The van der Waals surface area contributed by atoms with Gasteiger partial charge in [0.25, 0.3) is 5.91 Å². The maximum atomic E-state index is 13.6. The molecule has 4 rings (SSSR count). The molecule has 0 bridgehead atoms. The molecule has 1 saturated carbocycles. The van der Waals surface area contributed by atoms with Crippen molar-refractivity contribution in [2.75, 3.05) is 52.4 Å². The predicted octanol–water partition coefficient (Wildman–Crippen LogP) is 2.71. The minimum atomic E-state index is -4.44. The number of rotatable bonds is 4. The Kier molecular flexibility index (Phi) is 7.68. The van der Waals surface area contributed by atoms with Gasteiger partial charge in [-0.2, -0.15) is 13.2 Å². The molecule has 0 spiro atoms. The molecule has 0 unspecified atom stereocenters. The average Bonchev–Trinajstić information content (AvgIpc) is 3.38. The lowest BCUT2D eigenvalue weighted by molar-refractivity contribution is -0.144. The van der Waals surface area contributed by atoms with E-state index in [0.29, 0.717) is 52.4 Å². The Morgan fingerprint density at radius 2 is 1.31 bits per heavy atom. The summed E-state index contributed by atoms with van der Waals surface area (Å²) in [7, 11) is 0. The van der Waals surface area contributed by atoms with Gasteiger partial charge in [-0.3, -0.25) is 19.3 Å². The lowest BCUT2D eigenvalue weighted by Crippen LogP contribution is -2.60. The lowest BCUT2D eigenvalue weighted by Gasteiger charge is -2.44. The first-order chi connectivity index (χ1) is 16.6. The number of alkyl halides is 3. The van der Waals surface area contributed by atoms with E-state index in [4.69, 9.17) is 0 Å². The van der Waals surface area contributed by atoms with E-state index in [9.17, 15) is 27.6 Å². The van der Waals surface area contributed by atoms with Gasteiger partial charge >= 0.3 is 6.18 Å². The number of halogens is 3. The van der Waals surface area contributed by atoms with Crippen LogP contribution in [0.15, 0.2) is 24.3 Å². The Labute approximate surface area is 203 Å². The Morgan fingerprint density at radius 1 is 0.800 bits per heavy atom. The smallest absolute Gasteiger partial charge is 0.339 e. The van der Waals surface area contributed by atoms with Crippen LogP contribution >= 0.6 is 0 Å². The van der Waals surface area contributed by atoms with Crippen molar-refractivity contribution in [2.45, 2.75) is 44.8 Å². The minimum absolute atomic E-state index is 0.0262. The van der Waals surface area contributed by atoms with Crippen molar-refractivity contribution in [1.82, 2.24) is 19.6 Å². The summed E-state index contributed by atoms with van der Waals surface area (Å²) in [6.07, 6.45) is -0.200. The van der Waals surface area contributed by atoms with Crippen LogP contribution in [0.2, 0.25) is 0 Å². The second-order valence-corrected chi connectivity index (χ2v) is 9.72. The standard InChI is InChI=1S/C25H33F3N4O3/c1-18(33)29-10-14-32(15-11-29)24(35)22(19-4-2-3-5-19)30-12-16-31(17-13-30)23(34)20-6-8-21(9-7-20)25(26,27)28/h6-9,19,22H,2-5,10-17H2,1H3/t22-/m0/s1. The summed E-state index contributed by atoms with van der Waals surface area (Å²) in [6, 6.07) is 4.09. The summed E-state index contributed by atoms with van der Waals surface area (Å²) in [5.74, 6) is 0.133. The average molecular weight is 495 g/mol. The van der Waals surface area contributed by atoms with Crippen LogP contribution in [0, 0.1) is 5.92 Å². The van der Waals surface area contributed by atoms with Gasteiger partial charge in [0, 0.05) is 64.8 Å². The highest BCUT2D eigenvalue weighted by atomic mass is 19.4. The van der Waals surface area contributed by atoms with E-state index in [1.165, 1.54) is 12.1 Å². The monoisotopic (exact) mass is 494 g/mol. The van der Waals surface area contributed by atoms with Crippen LogP contribution in [-0.2, 0) is 15.8 Å². The summed E-state index contributed by atoms with van der Waals surface area (Å²) in [6.45, 7) is 5.66. The number of nitrogens with zero attached hydrogens (tertiary/aromatic N) is 4. The first-order valence-electron chi connectivity index (χ1n) is 12.4. The van der Waals surface area contributed by atoms with Crippen molar-refractivity contribution in [3.63, 3.8) is 0 Å². The fourth-order valence-corrected chi connectivity index (χ4v) is 5.55. The van der Waals surface area contributed by atoms with Crippen LogP contribution in [0.25, 0.3) is 0 Å². The van der Waals surface area contributed by atoms with E-state index in [2.05, 4.69) is 4.90 Å². The van der Waals surface area contributed by atoms with Crippen molar-refractivity contribution in [3.8, 4) is 0 Å². The van der Waals surface area contributed by atoms with Crippen LogP contribution < -0.4 is 0 Å². The lowest BCUT2D eigenvalue weighted by atomic mass is 9.94. The van der Waals surface area contributed by atoms with E-state index >= 15 is 0 Å². The van der Waals surface area contributed by atoms with Crippen LogP contribution in [-0.4, -0.2) is 95.7 Å². The van der Waals surface area contributed by atoms with Gasteiger partial charge in [-0.25, -0.2) is 0 Å². The molecule has 0 N–H and O–H groups in total. The fourth-order valence-electron chi connectivity index (χ4n) is 5.55. The Bertz CT molecular complexity index is 915. The van der Waals surface area contributed by atoms with Gasteiger partial charge in [0.2, 0.25) is 11.8 Å². The Balaban J connectivity index is 1.39. The fraction of sp³-hybridized carbons (Fsp3) is 0.640. The van der Waals surface area contributed by atoms with Gasteiger partial charge in [0.05, 0.1) is 11.6 Å². The summed E-state index contributed by atoms with van der Waals surface area (Å²) in [5, 5.41) is 0. The molecule has 3 amide bonds. The molecule has 192 valence electrons. The topological polar surface area (TPSA) is 64.2 Å². The second-order valence-electron chi connectivity index (χ2n) is 9.72. The van der Waals surface area contributed by atoms with Crippen LogP contribution in [0.1, 0.15) is 48.5 Å². The molecular weight excluding hydrogens is 461 g/mol. The first-order valence-corrected chi connectivity index (χ1v) is 12.4. The van der Waals surface area contributed by atoms with E-state index in [-0.39, 0.29) is 35.2 Å². The van der Waals surface area contributed by atoms with Crippen molar-refractivity contribution in [2.24, 2.45) is 5.92 Å². The molecule has 3 fully saturated rings. The number of carbonyl (C=O) groups excluding carboxylic acids is 3. The largest absolute Gasteiger partial charge is 0.416 e. The zero-order chi connectivity index (χ0) is 25.2. The molecular formula is C25H33F3N4O3. The summed E-state index contributed by atoms with van der Waals surface area (Å²) in [4.78, 5) is 45.6. The van der Waals surface area contributed by atoms with Gasteiger partial charge in [0.15, 0.2) is 0 Å². The molecule has 1 atom stereocenters. The molecule has 1 aliphatic carbocycles. The van der Waals surface area contributed by atoms with Crippen molar-refractivity contribution in [1.29, 1.82) is 0 Å². The summed E-state index contributed by atoms with van der Waals surface area (Å²) in [5.41, 5.74) is -0.542. The number of piperazine rings is 2. The molecule has 35 heavy (non-hydrogen) atoms. The molecule has 0 aromatic heterocycles. The number of hydrogen-bond acceptors (Lipinski definition) is 4. The van der Waals surface area contributed by atoms with Crippen molar-refractivity contribution < 1.29 is 27.6 Å². The van der Waals surface area contributed by atoms with Crippen LogP contribution in [0.4, 0.5) is 13.2 Å². The van der Waals surface area contributed by atoms with Crippen LogP contribution in [0.3, 0.4) is 0 Å². The third-order valence-corrected chi connectivity index (χ3v) is 7.59. The molecule has 0 radical (unpaired) electrons. The van der Waals surface area contributed by atoms with Gasteiger partial charge in [-0.1, -0.05) is 12.8 Å². The van der Waals surface area contributed by atoms with Gasteiger partial charge in [-0.15, -0.1) is 0 Å². The molecule has 7 nitrogen and oxygen atoms in total. The van der Waals surface area contributed by atoms with E-state index in [1.807, 2.05) is 4.90 Å². The second kappa shape index (κ2) is 10.6. The summed E-state index contributed by atoms with van der Waals surface area (Å²) >= 11 is 0. The zero-order valence-electron chi connectivity index (χ0n) is 20.1. The minimum Gasteiger partial charge on any atom is -0.339 e. The van der Waals surface area contributed by atoms with Crippen molar-refractivity contribution in [3.05, 3.63) is 35.4 Å². The molecule has 2 aliphatic heterocycles. The molecule has 2 heterocycles. The molecule has 1 aromatic rings. The quantitative estimate of drug-likeness (QED) is 0.646. The third kappa shape index (κ3) is 5.79. The van der Waals surface area contributed by atoms with Gasteiger partial charge < -0.3 is 14.7 Å². The Hall–Kier alpha value is -2.62. The highest BCUT2D eigenvalue weighted by Gasteiger charge is 2.40. The molecule has 3 aliphatic rings. The molecule has 10 heteroatoms.